The summed E-state index contributed by atoms with van der Waals surface area (Å²) < 4.78 is 11.1. The van der Waals surface area contributed by atoms with Gasteiger partial charge in [-0.15, -0.1) is 0 Å². The minimum atomic E-state index is -0.471. The molecule has 1 saturated carbocycles. The summed E-state index contributed by atoms with van der Waals surface area (Å²) >= 11 is 0. The summed E-state index contributed by atoms with van der Waals surface area (Å²) in [5, 5.41) is 1.33. The van der Waals surface area contributed by atoms with Crippen LogP contribution in [0.25, 0.3) is 5.70 Å². The Bertz CT molecular complexity index is 622. The molecule has 2 rings (SSSR count). The molecule has 1 amide bonds. The van der Waals surface area contributed by atoms with Crippen molar-refractivity contribution >= 4 is 11.8 Å². The van der Waals surface area contributed by atoms with Crippen molar-refractivity contribution in [1.29, 1.82) is 0 Å². The van der Waals surface area contributed by atoms with Crippen LogP contribution in [-0.2, 0) is 4.74 Å². The molecule has 0 saturated heterocycles. The lowest BCUT2D eigenvalue weighted by atomic mass is 9.98. The van der Waals surface area contributed by atoms with Crippen molar-refractivity contribution < 1.29 is 14.3 Å². The zero-order valence-electron chi connectivity index (χ0n) is 15.8. The highest BCUT2D eigenvalue weighted by molar-refractivity contribution is 5.68. The van der Waals surface area contributed by atoms with Gasteiger partial charge in [0.2, 0.25) is 0 Å². The van der Waals surface area contributed by atoms with E-state index in [0.717, 1.165) is 18.6 Å². The molecule has 0 unspecified atom stereocenters. The molecule has 1 aromatic heterocycles. The number of nitrogens with zero attached hydrogens (tertiary/aromatic N) is 3. The zero-order valence-corrected chi connectivity index (χ0v) is 15.8. The third-order valence-corrected chi connectivity index (χ3v) is 4.30. The lowest BCUT2D eigenvalue weighted by Crippen LogP contribution is -2.32. The summed E-state index contributed by atoms with van der Waals surface area (Å²) in [6, 6.07) is 3.63. The van der Waals surface area contributed by atoms with Gasteiger partial charge in [-0.3, -0.25) is 4.98 Å². The Morgan fingerprint density at radius 3 is 2.46 bits per heavy atom. The Morgan fingerprint density at radius 2 is 1.92 bits per heavy atom. The summed E-state index contributed by atoms with van der Waals surface area (Å²) in [5.41, 5.74) is 7.56. The van der Waals surface area contributed by atoms with Crippen LogP contribution in [0.3, 0.4) is 0 Å². The highest BCUT2D eigenvalue weighted by atomic mass is 16.6. The number of carbonyl (C=O) groups excluding carboxylic acids is 1. The zero-order chi connectivity index (χ0) is 19.1. The van der Waals surface area contributed by atoms with Crippen LogP contribution in [-0.4, -0.2) is 54.8 Å². The Hall–Kier alpha value is -2.48. The van der Waals surface area contributed by atoms with E-state index in [9.17, 15) is 4.79 Å². The van der Waals surface area contributed by atoms with Crippen molar-refractivity contribution in [2.24, 2.45) is 11.6 Å². The first-order valence-corrected chi connectivity index (χ1v) is 8.82. The summed E-state index contributed by atoms with van der Waals surface area (Å²) in [5.74, 6) is 6.56. The minimum absolute atomic E-state index is 0.0438. The number of hydrogen-bond donors (Lipinski definition) is 2. The van der Waals surface area contributed by atoms with Gasteiger partial charge in [0.25, 0.3) is 0 Å². The Morgan fingerprint density at radius 1 is 1.23 bits per heavy atom. The van der Waals surface area contributed by atoms with Gasteiger partial charge >= 0.3 is 6.09 Å². The average Bonchev–Trinajstić information content (AvgIpc) is 2.62. The fourth-order valence-corrected chi connectivity index (χ4v) is 2.76. The fraction of sp³-hybridized carbons (Fsp3) is 0.556. The van der Waals surface area contributed by atoms with E-state index in [4.69, 9.17) is 21.1 Å². The van der Waals surface area contributed by atoms with Crippen molar-refractivity contribution in [1.82, 2.24) is 14.9 Å². The number of carbonyl (C=O) groups is 1. The standard InChI is InChI=1S/C18H29N5O3/c1-22(2)18(24)25-12-16(23(3)20)17(19)15-10-9-14(11-21-15)26-13-7-5-4-6-8-13/h9-11,13H,4-8,12,19-20H2,1-3H3/b17-16-. The summed E-state index contributed by atoms with van der Waals surface area (Å²) in [6.45, 7) is -0.0438. The largest absolute Gasteiger partial charge is 0.489 e. The summed E-state index contributed by atoms with van der Waals surface area (Å²) in [4.78, 5) is 17.3. The second-order valence-corrected chi connectivity index (χ2v) is 6.68. The number of aromatic nitrogens is 1. The number of hydrazine groups is 1. The first-order valence-electron chi connectivity index (χ1n) is 8.82. The van der Waals surface area contributed by atoms with Crippen LogP contribution in [0.4, 0.5) is 4.79 Å². The van der Waals surface area contributed by atoms with Crippen LogP contribution in [0.1, 0.15) is 37.8 Å². The van der Waals surface area contributed by atoms with E-state index in [0.29, 0.717) is 17.1 Å². The van der Waals surface area contributed by atoms with E-state index in [1.165, 1.54) is 29.2 Å². The smallest absolute Gasteiger partial charge is 0.409 e. The van der Waals surface area contributed by atoms with Gasteiger partial charge < -0.3 is 25.1 Å². The summed E-state index contributed by atoms with van der Waals surface area (Å²) in [6.07, 6.45) is 7.34. The van der Waals surface area contributed by atoms with Crippen LogP contribution in [0.5, 0.6) is 5.75 Å². The number of hydrogen-bond acceptors (Lipinski definition) is 7. The molecule has 1 aromatic rings. The molecule has 1 fully saturated rings. The average molecular weight is 363 g/mol. The first-order chi connectivity index (χ1) is 12.4. The predicted molar refractivity (Wildman–Crippen MR) is 99.8 cm³/mol. The van der Waals surface area contributed by atoms with Gasteiger partial charge in [0.1, 0.15) is 12.4 Å². The fourth-order valence-electron chi connectivity index (χ4n) is 2.76. The highest BCUT2D eigenvalue weighted by Gasteiger charge is 2.16. The lowest BCUT2D eigenvalue weighted by molar-refractivity contribution is 0.120. The van der Waals surface area contributed by atoms with Crippen LogP contribution in [0.2, 0.25) is 0 Å². The number of nitrogens with two attached hydrogens (primary N) is 2. The molecule has 1 heterocycles. The second-order valence-electron chi connectivity index (χ2n) is 6.68. The maximum absolute atomic E-state index is 11.6. The molecule has 8 heteroatoms. The highest BCUT2D eigenvalue weighted by Crippen LogP contribution is 2.23. The van der Waals surface area contributed by atoms with Crippen molar-refractivity contribution in [3.8, 4) is 5.75 Å². The molecule has 0 radical (unpaired) electrons. The number of rotatable bonds is 6. The van der Waals surface area contributed by atoms with Crippen LogP contribution in [0, 0.1) is 0 Å². The Kier molecular flexibility index (Phi) is 7.08. The molecule has 0 aliphatic heterocycles. The van der Waals surface area contributed by atoms with E-state index < -0.39 is 6.09 Å². The molecule has 1 aliphatic carbocycles. The Labute approximate surface area is 154 Å². The van der Waals surface area contributed by atoms with E-state index in [2.05, 4.69) is 4.98 Å². The molecular weight excluding hydrogens is 334 g/mol. The number of pyridine rings is 1. The van der Waals surface area contributed by atoms with Crippen molar-refractivity contribution in [3.63, 3.8) is 0 Å². The second kappa shape index (κ2) is 9.28. The number of ether oxygens (including phenoxy) is 2. The monoisotopic (exact) mass is 363 g/mol. The van der Waals surface area contributed by atoms with E-state index in [-0.39, 0.29) is 12.7 Å². The summed E-state index contributed by atoms with van der Waals surface area (Å²) in [7, 11) is 4.84. The SMILES string of the molecule is CN(C)C(=O)OC/C(=C(/N)c1ccc(OC2CCCCC2)cn1)N(C)N. The third kappa shape index (κ3) is 5.52. The number of amides is 1. The van der Waals surface area contributed by atoms with Crippen molar-refractivity contribution in [2.45, 2.75) is 38.2 Å². The van der Waals surface area contributed by atoms with Gasteiger partial charge in [0.15, 0.2) is 0 Å². The van der Waals surface area contributed by atoms with Gasteiger partial charge in [-0.1, -0.05) is 6.42 Å². The third-order valence-electron chi connectivity index (χ3n) is 4.30. The van der Waals surface area contributed by atoms with Gasteiger partial charge in [-0.2, -0.15) is 0 Å². The normalized spacial score (nSPS) is 15.8. The van der Waals surface area contributed by atoms with E-state index in [1.54, 1.807) is 33.4 Å². The molecule has 8 nitrogen and oxygen atoms in total. The predicted octanol–water partition coefficient (Wildman–Crippen LogP) is 1.92. The van der Waals surface area contributed by atoms with E-state index >= 15 is 0 Å². The molecule has 0 aromatic carbocycles. The lowest BCUT2D eigenvalue weighted by Gasteiger charge is -2.23. The molecule has 144 valence electrons. The molecule has 0 atom stereocenters. The molecule has 26 heavy (non-hydrogen) atoms. The van der Waals surface area contributed by atoms with Crippen molar-refractivity contribution in [2.75, 3.05) is 27.7 Å². The molecule has 0 bridgehead atoms. The van der Waals surface area contributed by atoms with Crippen LogP contribution < -0.4 is 16.3 Å². The van der Waals surface area contributed by atoms with Gasteiger partial charge in [0, 0.05) is 21.1 Å². The van der Waals surface area contributed by atoms with Gasteiger partial charge in [-0.05, 0) is 37.8 Å². The van der Waals surface area contributed by atoms with Crippen molar-refractivity contribution in [3.05, 3.63) is 29.7 Å². The topological polar surface area (TPSA) is 107 Å². The number of likely N-dealkylation sites (N-methyl/N-ethyl adjacent to an activating group) is 1. The minimum Gasteiger partial charge on any atom is -0.489 e. The Balaban J connectivity index is 2.07. The first kappa shape index (κ1) is 19.8. The van der Waals surface area contributed by atoms with Crippen LogP contribution >= 0.6 is 0 Å². The molecule has 0 spiro atoms. The molecular formula is C18H29N5O3. The quantitative estimate of drug-likeness (QED) is 0.587. The van der Waals surface area contributed by atoms with Gasteiger partial charge in [0.05, 0.1) is 29.4 Å². The molecule has 4 N–H and O–H groups in total. The van der Waals surface area contributed by atoms with Gasteiger partial charge in [-0.25, -0.2) is 10.6 Å². The molecule has 1 aliphatic rings. The maximum Gasteiger partial charge on any atom is 0.409 e. The van der Waals surface area contributed by atoms with E-state index in [1.807, 2.05) is 6.07 Å². The van der Waals surface area contributed by atoms with Crippen LogP contribution in [0.15, 0.2) is 24.0 Å². The maximum atomic E-state index is 11.6.